The summed E-state index contributed by atoms with van der Waals surface area (Å²) in [5.41, 5.74) is 5.42. The van der Waals surface area contributed by atoms with Crippen LogP contribution in [0.3, 0.4) is 0 Å². The second-order valence-electron chi connectivity index (χ2n) is 3.62. The van der Waals surface area contributed by atoms with Crippen molar-refractivity contribution in [3.8, 4) is 0 Å². The van der Waals surface area contributed by atoms with Gasteiger partial charge in [-0.05, 0) is 39.2 Å². The fraction of sp³-hybridized carbons (Fsp3) is 0.692. The first-order chi connectivity index (χ1) is 6.91. The van der Waals surface area contributed by atoms with Gasteiger partial charge in [0, 0.05) is 0 Å². The van der Waals surface area contributed by atoms with E-state index in [2.05, 4.69) is 31.2 Å². The van der Waals surface area contributed by atoms with Crippen LogP contribution in [-0.4, -0.2) is 6.54 Å². The van der Waals surface area contributed by atoms with Gasteiger partial charge in [-0.25, -0.2) is 0 Å². The van der Waals surface area contributed by atoms with Crippen LogP contribution in [0.4, 0.5) is 0 Å². The van der Waals surface area contributed by atoms with Crippen LogP contribution in [0, 0.1) is 0 Å². The van der Waals surface area contributed by atoms with E-state index in [0.29, 0.717) is 0 Å². The molecule has 0 heterocycles. The third-order valence-electron chi connectivity index (χ3n) is 2.25. The van der Waals surface area contributed by atoms with Crippen molar-refractivity contribution in [2.75, 3.05) is 6.54 Å². The van der Waals surface area contributed by atoms with Crippen molar-refractivity contribution in [1.82, 2.24) is 0 Å². The monoisotopic (exact) mass is 195 g/mol. The lowest BCUT2D eigenvalue weighted by Crippen LogP contribution is -1.97. The summed E-state index contributed by atoms with van der Waals surface area (Å²) in [4.78, 5) is 0. The van der Waals surface area contributed by atoms with E-state index in [1.54, 1.807) is 0 Å². The summed E-state index contributed by atoms with van der Waals surface area (Å²) >= 11 is 0. The largest absolute Gasteiger partial charge is 0.330 e. The van der Waals surface area contributed by atoms with Crippen molar-refractivity contribution in [3.05, 3.63) is 24.3 Å². The Kier molecular flexibility index (Phi) is 11.9. The van der Waals surface area contributed by atoms with E-state index in [0.717, 1.165) is 13.0 Å². The first-order valence-corrected chi connectivity index (χ1v) is 5.88. The standard InChI is InChI=1S/C13H25N/c1-2-3-4-5-6-7-8-9-10-11-12-13-14/h2-3,5-6H,4,7-14H2,1H3/b3-2-,6-5-. The molecule has 0 bridgehead atoms. The quantitative estimate of drug-likeness (QED) is 0.439. The third kappa shape index (κ3) is 11.4. The van der Waals surface area contributed by atoms with Crippen LogP contribution in [-0.2, 0) is 0 Å². The van der Waals surface area contributed by atoms with Gasteiger partial charge in [-0.15, -0.1) is 0 Å². The molecule has 0 atom stereocenters. The van der Waals surface area contributed by atoms with E-state index in [4.69, 9.17) is 5.73 Å². The Morgan fingerprint density at radius 3 is 2.29 bits per heavy atom. The summed E-state index contributed by atoms with van der Waals surface area (Å²) in [5, 5.41) is 0. The lowest BCUT2D eigenvalue weighted by molar-refractivity contribution is 0.622. The minimum atomic E-state index is 0.850. The fourth-order valence-corrected chi connectivity index (χ4v) is 1.37. The molecule has 0 fully saturated rings. The second-order valence-corrected chi connectivity index (χ2v) is 3.62. The fourth-order valence-electron chi connectivity index (χ4n) is 1.37. The van der Waals surface area contributed by atoms with Gasteiger partial charge in [0.05, 0.1) is 0 Å². The van der Waals surface area contributed by atoms with Gasteiger partial charge in [-0.3, -0.25) is 0 Å². The topological polar surface area (TPSA) is 26.0 Å². The van der Waals surface area contributed by atoms with E-state index in [1.807, 2.05) is 0 Å². The molecule has 0 radical (unpaired) electrons. The summed E-state index contributed by atoms with van der Waals surface area (Å²) in [5.74, 6) is 0. The third-order valence-corrected chi connectivity index (χ3v) is 2.25. The molecular formula is C13H25N. The Morgan fingerprint density at radius 2 is 1.57 bits per heavy atom. The average Bonchev–Trinajstić information content (AvgIpc) is 2.21. The number of hydrogen-bond donors (Lipinski definition) is 1. The Labute approximate surface area is 89.1 Å². The predicted octanol–water partition coefficient (Wildman–Crippen LogP) is 3.81. The molecule has 0 aromatic rings. The summed E-state index contributed by atoms with van der Waals surface area (Å²) in [6, 6.07) is 0. The van der Waals surface area contributed by atoms with Crippen LogP contribution < -0.4 is 5.73 Å². The van der Waals surface area contributed by atoms with Crippen LogP contribution in [0.2, 0.25) is 0 Å². The highest BCUT2D eigenvalue weighted by Gasteiger charge is 1.87. The van der Waals surface area contributed by atoms with Gasteiger partial charge in [0.1, 0.15) is 0 Å². The highest BCUT2D eigenvalue weighted by Crippen LogP contribution is 2.05. The molecule has 0 aromatic carbocycles. The van der Waals surface area contributed by atoms with Crippen molar-refractivity contribution < 1.29 is 0 Å². The van der Waals surface area contributed by atoms with Crippen molar-refractivity contribution in [2.24, 2.45) is 5.73 Å². The van der Waals surface area contributed by atoms with Crippen LogP contribution >= 0.6 is 0 Å². The second kappa shape index (κ2) is 12.4. The molecule has 0 amide bonds. The molecule has 0 saturated heterocycles. The maximum atomic E-state index is 5.42. The van der Waals surface area contributed by atoms with Gasteiger partial charge in [0.2, 0.25) is 0 Å². The van der Waals surface area contributed by atoms with Gasteiger partial charge < -0.3 is 5.73 Å². The zero-order valence-electron chi connectivity index (χ0n) is 9.54. The van der Waals surface area contributed by atoms with Gasteiger partial charge >= 0.3 is 0 Å². The van der Waals surface area contributed by atoms with Crippen molar-refractivity contribution in [3.63, 3.8) is 0 Å². The highest BCUT2D eigenvalue weighted by molar-refractivity contribution is 4.91. The molecule has 14 heavy (non-hydrogen) atoms. The van der Waals surface area contributed by atoms with Crippen LogP contribution in [0.25, 0.3) is 0 Å². The average molecular weight is 195 g/mol. The molecule has 1 nitrogen and oxygen atoms in total. The number of nitrogens with two attached hydrogens (primary N) is 1. The SMILES string of the molecule is C/C=C\C/C=C\CCCCCCCN. The Hall–Kier alpha value is -0.560. The van der Waals surface area contributed by atoms with Gasteiger partial charge in [-0.2, -0.15) is 0 Å². The summed E-state index contributed by atoms with van der Waals surface area (Å²) in [7, 11) is 0. The predicted molar refractivity (Wildman–Crippen MR) is 65.3 cm³/mol. The lowest BCUT2D eigenvalue weighted by Gasteiger charge is -1.97. The lowest BCUT2D eigenvalue weighted by atomic mass is 10.1. The highest BCUT2D eigenvalue weighted by atomic mass is 14.5. The molecule has 82 valence electrons. The number of allylic oxidation sites excluding steroid dienone is 4. The molecule has 0 aromatic heterocycles. The maximum Gasteiger partial charge on any atom is -0.00773 e. The van der Waals surface area contributed by atoms with E-state index in [9.17, 15) is 0 Å². The van der Waals surface area contributed by atoms with Crippen molar-refractivity contribution >= 4 is 0 Å². The molecule has 1 heteroatoms. The van der Waals surface area contributed by atoms with Crippen LogP contribution in [0.5, 0.6) is 0 Å². The molecule has 0 aliphatic carbocycles. The van der Waals surface area contributed by atoms with Crippen LogP contribution in [0.15, 0.2) is 24.3 Å². The van der Waals surface area contributed by atoms with Crippen LogP contribution in [0.1, 0.15) is 51.9 Å². The zero-order valence-corrected chi connectivity index (χ0v) is 9.54. The minimum absolute atomic E-state index is 0.850. The minimum Gasteiger partial charge on any atom is -0.330 e. The number of rotatable bonds is 9. The molecule has 2 N–H and O–H groups in total. The molecular weight excluding hydrogens is 170 g/mol. The Morgan fingerprint density at radius 1 is 0.857 bits per heavy atom. The number of hydrogen-bond acceptors (Lipinski definition) is 1. The molecule has 0 aliphatic heterocycles. The van der Waals surface area contributed by atoms with Gasteiger partial charge in [0.25, 0.3) is 0 Å². The normalized spacial score (nSPS) is 11.9. The Balaban J connectivity index is 3.01. The smallest absolute Gasteiger partial charge is 0.00773 e. The summed E-state index contributed by atoms with van der Waals surface area (Å²) in [6.07, 6.45) is 17.7. The first-order valence-electron chi connectivity index (χ1n) is 5.88. The Bertz CT molecular complexity index is 147. The molecule has 0 rings (SSSR count). The molecule has 0 aliphatic rings. The van der Waals surface area contributed by atoms with E-state index in [-0.39, 0.29) is 0 Å². The first kappa shape index (κ1) is 13.4. The van der Waals surface area contributed by atoms with E-state index in [1.165, 1.54) is 38.5 Å². The van der Waals surface area contributed by atoms with Crippen molar-refractivity contribution in [2.45, 2.75) is 51.9 Å². The van der Waals surface area contributed by atoms with Crippen molar-refractivity contribution in [1.29, 1.82) is 0 Å². The summed E-state index contributed by atoms with van der Waals surface area (Å²) in [6.45, 7) is 2.91. The van der Waals surface area contributed by atoms with E-state index >= 15 is 0 Å². The number of unbranched alkanes of at least 4 members (excludes halogenated alkanes) is 5. The summed E-state index contributed by atoms with van der Waals surface area (Å²) < 4.78 is 0. The van der Waals surface area contributed by atoms with E-state index < -0.39 is 0 Å². The molecule has 0 saturated carbocycles. The maximum absolute atomic E-state index is 5.42. The molecule has 0 spiro atoms. The molecule has 0 unspecified atom stereocenters. The van der Waals surface area contributed by atoms with Gasteiger partial charge in [0.15, 0.2) is 0 Å². The van der Waals surface area contributed by atoms with Gasteiger partial charge in [-0.1, -0.05) is 43.6 Å². The zero-order chi connectivity index (χ0) is 10.5.